The maximum atomic E-state index is 13.7. The molecule has 0 spiro atoms. The Hall–Kier alpha value is -3.77. The zero-order chi connectivity index (χ0) is 25.2. The van der Waals surface area contributed by atoms with Crippen LogP contribution in [-0.4, -0.2) is 54.9 Å². The molecule has 1 saturated carbocycles. The smallest absolute Gasteiger partial charge is 0.267 e. The largest absolute Gasteiger partial charge is 0.497 e. The minimum atomic E-state index is -0.377. The van der Waals surface area contributed by atoms with Crippen LogP contribution in [0.25, 0.3) is 5.70 Å². The van der Waals surface area contributed by atoms with E-state index in [0.717, 1.165) is 24.1 Å². The number of thioether (sulfide) groups is 1. The lowest BCUT2D eigenvalue weighted by Gasteiger charge is -2.35. The second-order valence-electron chi connectivity index (χ2n) is 8.85. The molecule has 1 saturated heterocycles. The van der Waals surface area contributed by atoms with Crippen molar-refractivity contribution in [3.8, 4) is 11.8 Å². The van der Waals surface area contributed by atoms with Crippen LogP contribution in [-0.2, 0) is 9.59 Å². The Morgan fingerprint density at radius 1 is 1.06 bits per heavy atom. The van der Waals surface area contributed by atoms with Gasteiger partial charge >= 0.3 is 0 Å². The van der Waals surface area contributed by atoms with E-state index in [-0.39, 0.29) is 29.1 Å². The highest BCUT2D eigenvalue weighted by Gasteiger charge is 2.37. The lowest BCUT2D eigenvalue weighted by atomic mass is 10.1. The molecule has 2 aromatic carbocycles. The van der Waals surface area contributed by atoms with Crippen molar-refractivity contribution < 1.29 is 18.7 Å². The van der Waals surface area contributed by atoms with E-state index < -0.39 is 0 Å². The third-order valence-electron chi connectivity index (χ3n) is 6.52. The molecule has 0 radical (unpaired) electrons. The number of hydrogen-bond donors (Lipinski definition) is 0. The minimum Gasteiger partial charge on any atom is -0.497 e. The maximum Gasteiger partial charge on any atom is 0.267 e. The van der Waals surface area contributed by atoms with Gasteiger partial charge in [-0.3, -0.25) is 9.59 Å². The summed E-state index contributed by atoms with van der Waals surface area (Å²) in [7, 11) is 1.59. The number of rotatable bonds is 5. The van der Waals surface area contributed by atoms with Crippen LogP contribution in [0.15, 0.2) is 64.5 Å². The molecule has 0 aromatic heterocycles. The summed E-state index contributed by atoms with van der Waals surface area (Å²) < 4.78 is 19.1. The lowest BCUT2D eigenvalue weighted by molar-refractivity contribution is -0.138. The molecule has 5 rings (SSSR count). The van der Waals surface area contributed by atoms with Crippen LogP contribution >= 0.6 is 11.8 Å². The summed E-state index contributed by atoms with van der Waals surface area (Å²) in [6.45, 7) is 1.70. The van der Waals surface area contributed by atoms with Crippen molar-refractivity contribution in [1.29, 1.82) is 5.26 Å². The Labute approximate surface area is 213 Å². The summed E-state index contributed by atoms with van der Waals surface area (Å²) in [4.78, 5) is 31.2. The molecule has 3 aliphatic rings. The number of nitrogens with zero attached hydrogens (tertiary/aromatic N) is 4. The number of piperazine rings is 1. The van der Waals surface area contributed by atoms with Crippen molar-refractivity contribution >= 4 is 35.0 Å². The lowest BCUT2D eigenvalue weighted by Crippen LogP contribution is -2.51. The van der Waals surface area contributed by atoms with Crippen LogP contribution in [0.5, 0.6) is 5.75 Å². The van der Waals surface area contributed by atoms with Gasteiger partial charge in [-0.15, -0.1) is 0 Å². The molecule has 0 unspecified atom stereocenters. The maximum absolute atomic E-state index is 13.7. The Balaban J connectivity index is 1.45. The minimum absolute atomic E-state index is 0.0143. The number of halogens is 1. The number of benzene rings is 2. The molecule has 0 bridgehead atoms. The molecule has 1 aliphatic carbocycles. The third kappa shape index (κ3) is 4.69. The molecule has 0 N–H and O–H groups in total. The fourth-order valence-corrected chi connectivity index (χ4v) is 5.41. The summed E-state index contributed by atoms with van der Waals surface area (Å²) in [5, 5.41) is 12.4. The van der Waals surface area contributed by atoms with Gasteiger partial charge in [0.05, 0.1) is 12.8 Å². The molecule has 9 heteroatoms. The number of anilines is 1. The quantitative estimate of drug-likeness (QED) is 0.449. The summed E-state index contributed by atoms with van der Waals surface area (Å²) in [5.74, 6) is 0.237. The highest BCUT2D eigenvalue weighted by molar-refractivity contribution is 8.06. The van der Waals surface area contributed by atoms with E-state index in [1.807, 2.05) is 39.5 Å². The van der Waals surface area contributed by atoms with Gasteiger partial charge in [-0.2, -0.15) is 5.26 Å². The Bertz CT molecular complexity index is 1290. The summed E-state index contributed by atoms with van der Waals surface area (Å²) in [6.07, 6.45) is 1.89. The van der Waals surface area contributed by atoms with E-state index in [1.54, 1.807) is 24.1 Å². The second-order valence-corrected chi connectivity index (χ2v) is 9.71. The fraction of sp³-hybridized carbons (Fsp3) is 0.296. The third-order valence-corrected chi connectivity index (χ3v) is 7.47. The first kappa shape index (κ1) is 23.9. The van der Waals surface area contributed by atoms with Gasteiger partial charge < -0.3 is 19.4 Å². The number of nitriles is 1. The van der Waals surface area contributed by atoms with Crippen LogP contribution in [0.3, 0.4) is 0 Å². The van der Waals surface area contributed by atoms with Crippen molar-refractivity contribution in [3.63, 3.8) is 0 Å². The fourth-order valence-electron chi connectivity index (χ4n) is 4.39. The number of methoxy groups -OCH3 is 1. The van der Waals surface area contributed by atoms with Crippen LogP contribution in [0.1, 0.15) is 18.4 Å². The van der Waals surface area contributed by atoms with Crippen molar-refractivity contribution in [3.05, 3.63) is 75.9 Å². The highest BCUT2D eigenvalue weighted by Crippen LogP contribution is 2.45. The van der Waals surface area contributed by atoms with E-state index in [0.29, 0.717) is 42.6 Å². The van der Waals surface area contributed by atoms with Crippen molar-refractivity contribution in [2.75, 3.05) is 38.2 Å². The predicted octanol–water partition coefficient (Wildman–Crippen LogP) is 4.20. The first-order chi connectivity index (χ1) is 17.5. The van der Waals surface area contributed by atoms with Gasteiger partial charge in [0.25, 0.3) is 5.91 Å². The van der Waals surface area contributed by atoms with Crippen LogP contribution in [0, 0.1) is 23.1 Å². The Morgan fingerprint density at radius 3 is 2.39 bits per heavy atom. The number of carbonyl (C=O) groups excluding carboxylic acids is 2. The molecular formula is C27H25FN4O3S. The van der Waals surface area contributed by atoms with E-state index >= 15 is 0 Å². The zero-order valence-corrected chi connectivity index (χ0v) is 20.6. The van der Waals surface area contributed by atoms with Crippen molar-refractivity contribution in [2.45, 2.75) is 12.8 Å². The molecule has 2 aromatic rings. The summed E-state index contributed by atoms with van der Waals surface area (Å²) in [6, 6.07) is 15.6. The standard InChI is InChI=1S/C27H25FN4O3S/c1-35-22-4-2-3-19(15-22)24-17-36-27(32(24)21-9-7-20(28)8-10-21)23(16-29)26(34)31-13-11-30(12-14-31)25(33)18-5-6-18/h2-4,7-10,15,17-18H,5-6,11-14H2,1H3/b27-23-. The van der Waals surface area contributed by atoms with Crippen LogP contribution < -0.4 is 9.64 Å². The van der Waals surface area contributed by atoms with Gasteiger partial charge in [-0.25, -0.2) is 4.39 Å². The molecule has 2 amide bonds. The molecule has 184 valence electrons. The monoisotopic (exact) mass is 504 g/mol. The molecule has 0 atom stereocenters. The van der Waals surface area contributed by atoms with Gasteiger partial charge in [0, 0.05) is 48.8 Å². The van der Waals surface area contributed by atoms with E-state index in [4.69, 9.17) is 4.74 Å². The SMILES string of the molecule is COc1cccc(C2=CS/C(=C(/C#N)C(=O)N3CCN(C(=O)C4CC4)CC3)N2c2ccc(F)cc2)c1. The zero-order valence-electron chi connectivity index (χ0n) is 19.8. The van der Waals surface area contributed by atoms with E-state index in [2.05, 4.69) is 6.07 Å². The number of ether oxygens (including phenoxy) is 1. The number of carbonyl (C=O) groups is 2. The van der Waals surface area contributed by atoms with Gasteiger partial charge in [-0.05, 0) is 49.2 Å². The molecule has 2 fully saturated rings. The molecule has 2 aliphatic heterocycles. The van der Waals surface area contributed by atoms with Gasteiger partial charge in [0.1, 0.15) is 28.2 Å². The molecule has 7 nitrogen and oxygen atoms in total. The average molecular weight is 505 g/mol. The van der Waals surface area contributed by atoms with Crippen LogP contribution in [0.2, 0.25) is 0 Å². The first-order valence-corrected chi connectivity index (χ1v) is 12.7. The Morgan fingerprint density at radius 2 is 1.75 bits per heavy atom. The summed E-state index contributed by atoms with van der Waals surface area (Å²) in [5.41, 5.74) is 2.23. The van der Waals surface area contributed by atoms with E-state index in [1.165, 1.54) is 23.9 Å². The highest BCUT2D eigenvalue weighted by atomic mass is 32.2. The van der Waals surface area contributed by atoms with Crippen LogP contribution in [0.4, 0.5) is 10.1 Å². The van der Waals surface area contributed by atoms with Crippen molar-refractivity contribution in [1.82, 2.24) is 9.80 Å². The second kappa shape index (κ2) is 10.1. The average Bonchev–Trinajstić information content (AvgIpc) is 3.68. The predicted molar refractivity (Wildman–Crippen MR) is 136 cm³/mol. The van der Waals surface area contributed by atoms with Gasteiger partial charge in [-0.1, -0.05) is 23.9 Å². The Kier molecular flexibility index (Phi) is 6.70. The van der Waals surface area contributed by atoms with Gasteiger partial charge in [0.2, 0.25) is 5.91 Å². The topological polar surface area (TPSA) is 76.9 Å². The van der Waals surface area contributed by atoms with Gasteiger partial charge in [0.15, 0.2) is 0 Å². The molecule has 36 heavy (non-hydrogen) atoms. The number of hydrogen-bond acceptors (Lipinski definition) is 6. The van der Waals surface area contributed by atoms with E-state index in [9.17, 15) is 19.2 Å². The van der Waals surface area contributed by atoms with Crippen molar-refractivity contribution in [2.24, 2.45) is 5.92 Å². The number of amides is 2. The first-order valence-electron chi connectivity index (χ1n) is 11.8. The summed E-state index contributed by atoms with van der Waals surface area (Å²) >= 11 is 1.28. The molecular weight excluding hydrogens is 479 g/mol. The normalized spacial score (nSPS) is 19.0. The molecule has 2 heterocycles.